The van der Waals surface area contributed by atoms with Gasteiger partial charge >= 0.3 is 6.03 Å². The van der Waals surface area contributed by atoms with Gasteiger partial charge in [-0.2, -0.15) is 0 Å². The standard InChI is InChI=1S/C21H22N2O5/c1-13-5-7-14(8-6-13)21(2)19(25)23(20(26)22-21)12-17(24)16-10-9-15(27-3)11-18(16)28-4/h5-11H,12H2,1-4H3,(H,22,26). The van der Waals surface area contributed by atoms with Crippen LogP contribution < -0.4 is 14.8 Å². The van der Waals surface area contributed by atoms with Gasteiger partial charge in [0.25, 0.3) is 5.91 Å². The summed E-state index contributed by atoms with van der Waals surface area (Å²) >= 11 is 0. The lowest BCUT2D eigenvalue weighted by Crippen LogP contribution is -2.41. The summed E-state index contributed by atoms with van der Waals surface area (Å²) in [6.45, 7) is 3.19. The molecule has 1 aliphatic rings. The highest BCUT2D eigenvalue weighted by molar-refractivity contribution is 6.11. The number of carbonyl (C=O) groups is 3. The van der Waals surface area contributed by atoms with Gasteiger partial charge in [0.2, 0.25) is 0 Å². The van der Waals surface area contributed by atoms with E-state index in [0.717, 1.165) is 10.5 Å². The van der Waals surface area contributed by atoms with Crippen LogP contribution in [0, 0.1) is 6.92 Å². The summed E-state index contributed by atoms with van der Waals surface area (Å²) in [6.07, 6.45) is 0. The first kappa shape index (κ1) is 19.4. The van der Waals surface area contributed by atoms with E-state index in [1.807, 2.05) is 19.1 Å². The van der Waals surface area contributed by atoms with E-state index in [2.05, 4.69) is 5.32 Å². The highest BCUT2D eigenvalue weighted by Crippen LogP contribution is 2.30. The summed E-state index contributed by atoms with van der Waals surface area (Å²) in [5, 5.41) is 2.70. The normalized spacial score (nSPS) is 18.8. The number of nitrogens with zero attached hydrogens (tertiary/aromatic N) is 1. The Morgan fingerprint density at radius 2 is 1.75 bits per heavy atom. The van der Waals surface area contributed by atoms with Gasteiger partial charge in [0.1, 0.15) is 17.0 Å². The van der Waals surface area contributed by atoms with Gasteiger partial charge in [0.05, 0.1) is 26.3 Å². The smallest absolute Gasteiger partial charge is 0.325 e. The maximum absolute atomic E-state index is 13.0. The van der Waals surface area contributed by atoms with Crippen LogP contribution in [0.2, 0.25) is 0 Å². The second-order valence-electron chi connectivity index (χ2n) is 6.80. The lowest BCUT2D eigenvalue weighted by molar-refractivity contribution is -0.130. The zero-order valence-corrected chi connectivity index (χ0v) is 16.2. The fraction of sp³-hybridized carbons (Fsp3) is 0.286. The Morgan fingerprint density at radius 1 is 1.07 bits per heavy atom. The number of hydrogen-bond acceptors (Lipinski definition) is 5. The van der Waals surface area contributed by atoms with Crippen LogP contribution in [0.25, 0.3) is 0 Å². The molecule has 0 radical (unpaired) electrons. The van der Waals surface area contributed by atoms with Crippen molar-refractivity contribution in [3.63, 3.8) is 0 Å². The lowest BCUT2D eigenvalue weighted by Gasteiger charge is -2.22. The second-order valence-corrected chi connectivity index (χ2v) is 6.80. The zero-order valence-electron chi connectivity index (χ0n) is 16.2. The first-order valence-electron chi connectivity index (χ1n) is 8.76. The lowest BCUT2D eigenvalue weighted by atomic mass is 9.91. The maximum atomic E-state index is 13.0. The Labute approximate surface area is 163 Å². The van der Waals surface area contributed by atoms with Gasteiger partial charge in [-0.15, -0.1) is 0 Å². The number of amides is 3. The molecule has 28 heavy (non-hydrogen) atoms. The van der Waals surface area contributed by atoms with E-state index in [4.69, 9.17) is 9.47 Å². The molecular formula is C21H22N2O5. The van der Waals surface area contributed by atoms with E-state index < -0.39 is 23.3 Å². The van der Waals surface area contributed by atoms with E-state index >= 15 is 0 Å². The minimum Gasteiger partial charge on any atom is -0.497 e. The number of imide groups is 1. The summed E-state index contributed by atoms with van der Waals surface area (Å²) < 4.78 is 10.4. The summed E-state index contributed by atoms with van der Waals surface area (Å²) in [5.74, 6) is -0.0219. The van der Waals surface area contributed by atoms with Crippen molar-refractivity contribution in [1.29, 1.82) is 0 Å². The summed E-state index contributed by atoms with van der Waals surface area (Å²) in [5.41, 5.74) is 0.763. The summed E-state index contributed by atoms with van der Waals surface area (Å²) in [6, 6.07) is 11.5. The molecule has 3 amide bonds. The number of aryl methyl sites for hydroxylation is 1. The molecule has 0 aromatic heterocycles. The Kier molecular flexibility index (Phi) is 5.09. The molecule has 1 saturated heterocycles. The average molecular weight is 382 g/mol. The molecule has 2 aromatic rings. The average Bonchev–Trinajstić information content (AvgIpc) is 2.91. The van der Waals surface area contributed by atoms with Gasteiger partial charge in [-0.05, 0) is 31.5 Å². The van der Waals surface area contributed by atoms with Crippen molar-refractivity contribution in [3.8, 4) is 11.5 Å². The van der Waals surface area contributed by atoms with E-state index in [1.54, 1.807) is 37.3 Å². The molecule has 1 atom stereocenters. The van der Waals surface area contributed by atoms with Crippen LogP contribution in [-0.2, 0) is 10.3 Å². The first-order chi connectivity index (χ1) is 13.3. The van der Waals surface area contributed by atoms with Crippen LogP contribution in [0.4, 0.5) is 4.79 Å². The van der Waals surface area contributed by atoms with Crippen LogP contribution in [0.1, 0.15) is 28.4 Å². The zero-order chi connectivity index (χ0) is 20.5. The Bertz CT molecular complexity index is 938. The first-order valence-corrected chi connectivity index (χ1v) is 8.76. The minimum atomic E-state index is -1.21. The number of carbonyl (C=O) groups excluding carboxylic acids is 3. The molecule has 1 aliphatic heterocycles. The monoisotopic (exact) mass is 382 g/mol. The van der Waals surface area contributed by atoms with Crippen LogP contribution in [0.3, 0.4) is 0 Å². The minimum absolute atomic E-state index is 0.271. The molecular weight excluding hydrogens is 360 g/mol. The van der Waals surface area contributed by atoms with Crippen molar-refractivity contribution in [2.75, 3.05) is 20.8 Å². The number of hydrogen-bond donors (Lipinski definition) is 1. The SMILES string of the molecule is COc1ccc(C(=O)CN2C(=O)NC(C)(c3ccc(C)cc3)C2=O)c(OC)c1. The number of Topliss-reactive ketones (excluding diaryl/α,β-unsaturated/α-hetero) is 1. The van der Waals surface area contributed by atoms with Crippen LogP contribution in [0.5, 0.6) is 11.5 Å². The fourth-order valence-electron chi connectivity index (χ4n) is 3.18. The van der Waals surface area contributed by atoms with Crippen molar-refractivity contribution in [3.05, 3.63) is 59.2 Å². The quantitative estimate of drug-likeness (QED) is 0.613. The number of rotatable bonds is 6. The molecule has 0 spiro atoms. The van der Waals surface area contributed by atoms with Crippen LogP contribution in [-0.4, -0.2) is 43.4 Å². The third kappa shape index (κ3) is 3.31. The third-order valence-corrected chi connectivity index (χ3v) is 4.91. The molecule has 7 heteroatoms. The predicted molar refractivity (Wildman–Crippen MR) is 103 cm³/mol. The van der Waals surface area contributed by atoms with Crippen molar-refractivity contribution in [2.45, 2.75) is 19.4 Å². The number of benzene rings is 2. The summed E-state index contributed by atoms with van der Waals surface area (Å²) in [7, 11) is 2.95. The third-order valence-electron chi connectivity index (χ3n) is 4.91. The van der Waals surface area contributed by atoms with E-state index in [9.17, 15) is 14.4 Å². The number of urea groups is 1. The van der Waals surface area contributed by atoms with Gasteiger partial charge in [-0.25, -0.2) is 4.79 Å². The molecule has 7 nitrogen and oxygen atoms in total. The Balaban J connectivity index is 1.85. The molecule has 0 saturated carbocycles. The topological polar surface area (TPSA) is 84.9 Å². The highest BCUT2D eigenvalue weighted by atomic mass is 16.5. The molecule has 0 bridgehead atoms. The highest BCUT2D eigenvalue weighted by Gasteiger charge is 2.49. The number of ketones is 1. The second kappa shape index (κ2) is 7.34. The van der Waals surface area contributed by atoms with Gasteiger partial charge in [0, 0.05) is 6.07 Å². The van der Waals surface area contributed by atoms with E-state index in [-0.39, 0.29) is 12.1 Å². The predicted octanol–water partition coefficient (Wildman–Crippen LogP) is 2.66. The molecule has 2 aromatic carbocycles. The molecule has 1 unspecified atom stereocenters. The molecule has 3 rings (SSSR count). The van der Waals surface area contributed by atoms with E-state index in [0.29, 0.717) is 17.1 Å². The summed E-state index contributed by atoms with van der Waals surface area (Å²) in [4.78, 5) is 39.1. The van der Waals surface area contributed by atoms with Gasteiger partial charge in [-0.3, -0.25) is 14.5 Å². The largest absolute Gasteiger partial charge is 0.497 e. The van der Waals surface area contributed by atoms with Crippen molar-refractivity contribution >= 4 is 17.7 Å². The van der Waals surface area contributed by atoms with Gasteiger partial charge in [-0.1, -0.05) is 29.8 Å². The van der Waals surface area contributed by atoms with Gasteiger partial charge < -0.3 is 14.8 Å². The van der Waals surface area contributed by atoms with Crippen LogP contribution in [0.15, 0.2) is 42.5 Å². The molecule has 146 valence electrons. The fourth-order valence-corrected chi connectivity index (χ4v) is 3.18. The maximum Gasteiger partial charge on any atom is 0.325 e. The van der Waals surface area contributed by atoms with Crippen LogP contribution >= 0.6 is 0 Å². The number of methoxy groups -OCH3 is 2. The molecule has 0 aliphatic carbocycles. The van der Waals surface area contributed by atoms with Crippen molar-refractivity contribution in [2.24, 2.45) is 0 Å². The molecule has 1 N–H and O–H groups in total. The Hall–Kier alpha value is -3.35. The molecule has 1 fully saturated rings. The van der Waals surface area contributed by atoms with Crippen molar-refractivity contribution in [1.82, 2.24) is 10.2 Å². The number of ether oxygens (including phenoxy) is 2. The van der Waals surface area contributed by atoms with Gasteiger partial charge in [0.15, 0.2) is 5.78 Å². The Morgan fingerprint density at radius 3 is 2.36 bits per heavy atom. The van der Waals surface area contributed by atoms with Crippen molar-refractivity contribution < 1.29 is 23.9 Å². The number of nitrogens with one attached hydrogen (secondary N) is 1. The van der Waals surface area contributed by atoms with E-state index in [1.165, 1.54) is 14.2 Å². The molecule has 1 heterocycles.